The summed E-state index contributed by atoms with van der Waals surface area (Å²) in [5.41, 5.74) is 9.78. The Balaban J connectivity index is 0.000000186. The van der Waals surface area contributed by atoms with Crippen LogP contribution in [0.5, 0.6) is 0 Å². The fourth-order valence-electron chi connectivity index (χ4n) is 3.19. The molecule has 0 aliphatic heterocycles. The topological polar surface area (TPSA) is 92.4 Å². The van der Waals surface area contributed by atoms with E-state index in [9.17, 15) is 9.59 Å². The number of amides is 1. The second-order valence-corrected chi connectivity index (χ2v) is 7.67. The Morgan fingerprint density at radius 2 is 0.879 bits per heavy atom. The molecule has 5 heteroatoms. The third kappa shape index (κ3) is 6.38. The van der Waals surface area contributed by atoms with Gasteiger partial charge in [-0.25, -0.2) is 10.6 Å². The van der Waals surface area contributed by atoms with Crippen molar-refractivity contribution in [1.29, 1.82) is 0 Å². The van der Waals surface area contributed by atoms with Crippen molar-refractivity contribution in [3.8, 4) is 22.3 Å². The molecule has 0 aliphatic carbocycles. The van der Waals surface area contributed by atoms with Gasteiger partial charge in [0.05, 0.1) is 5.56 Å². The number of carbonyl (C=O) groups excluding carboxylic acids is 1. The Bertz CT molecular complexity index is 1210. The van der Waals surface area contributed by atoms with Gasteiger partial charge in [0.25, 0.3) is 5.91 Å². The molecule has 0 saturated heterocycles. The molecule has 0 aliphatic rings. The molecule has 4 N–H and O–H groups in total. The number of carboxylic acid groups (broad SMARTS) is 1. The molecule has 4 rings (SSSR count). The molecule has 166 valence electrons. The van der Waals surface area contributed by atoms with Crippen LogP contribution < -0.4 is 11.3 Å². The summed E-state index contributed by atoms with van der Waals surface area (Å²) in [6.45, 7) is 4.09. The lowest BCUT2D eigenvalue weighted by molar-refractivity contribution is 0.0696. The summed E-state index contributed by atoms with van der Waals surface area (Å²) in [4.78, 5) is 22.0. The molecular formula is C28H26N2O3. The van der Waals surface area contributed by atoms with E-state index in [1.807, 2.05) is 55.5 Å². The van der Waals surface area contributed by atoms with Crippen LogP contribution in [0, 0.1) is 13.8 Å². The average molecular weight is 439 g/mol. The number of benzene rings is 4. The molecule has 4 aromatic carbocycles. The number of hydrogen-bond acceptors (Lipinski definition) is 3. The molecule has 0 spiro atoms. The number of carboxylic acids is 1. The van der Waals surface area contributed by atoms with Crippen LogP contribution in [-0.4, -0.2) is 17.0 Å². The number of hydrogen-bond donors (Lipinski definition) is 3. The zero-order chi connectivity index (χ0) is 23.8. The molecular weight excluding hydrogens is 412 g/mol. The summed E-state index contributed by atoms with van der Waals surface area (Å²) in [6, 6.07) is 30.7. The van der Waals surface area contributed by atoms with Crippen LogP contribution in [0.3, 0.4) is 0 Å². The molecule has 0 unspecified atom stereocenters. The lowest BCUT2D eigenvalue weighted by Crippen LogP contribution is -2.29. The van der Waals surface area contributed by atoms with E-state index in [4.69, 9.17) is 10.9 Å². The Kier molecular flexibility index (Phi) is 7.73. The lowest BCUT2D eigenvalue weighted by Gasteiger charge is -2.04. The Hall–Kier alpha value is -4.22. The van der Waals surface area contributed by atoms with Crippen molar-refractivity contribution in [3.05, 3.63) is 119 Å². The van der Waals surface area contributed by atoms with Crippen molar-refractivity contribution in [2.45, 2.75) is 13.8 Å². The molecule has 4 aromatic rings. The standard InChI is InChI=1S/C14H14N2O.C14H12O2/c1-10-2-4-11(5-3-10)12-6-8-13(9-7-12)14(17)16-15;1-10-2-4-11(5-3-10)12-6-8-13(9-7-12)14(15)16/h2-9H,15H2,1H3,(H,16,17);2-9H,1H3,(H,15,16). The van der Waals surface area contributed by atoms with Gasteiger partial charge in [-0.05, 0) is 60.4 Å². The normalized spacial score (nSPS) is 10.0. The van der Waals surface area contributed by atoms with Crippen molar-refractivity contribution >= 4 is 11.9 Å². The summed E-state index contributed by atoms with van der Waals surface area (Å²) in [6.07, 6.45) is 0. The number of rotatable bonds is 4. The van der Waals surface area contributed by atoms with Crippen molar-refractivity contribution in [1.82, 2.24) is 5.43 Å². The van der Waals surface area contributed by atoms with E-state index in [-0.39, 0.29) is 5.91 Å². The first-order chi connectivity index (χ1) is 15.9. The van der Waals surface area contributed by atoms with E-state index in [1.165, 1.54) is 11.1 Å². The zero-order valence-corrected chi connectivity index (χ0v) is 18.6. The molecule has 33 heavy (non-hydrogen) atoms. The van der Waals surface area contributed by atoms with Gasteiger partial charge in [0.15, 0.2) is 0 Å². The van der Waals surface area contributed by atoms with Crippen LogP contribution in [0.25, 0.3) is 22.3 Å². The van der Waals surface area contributed by atoms with E-state index in [1.54, 1.807) is 24.3 Å². The molecule has 0 radical (unpaired) electrons. The molecule has 0 atom stereocenters. The lowest BCUT2D eigenvalue weighted by atomic mass is 10.0. The highest BCUT2D eigenvalue weighted by atomic mass is 16.4. The predicted molar refractivity (Wildman–Crippen MR) is 132 cm³/mol. The number of aromatic carboxylic acids is 1. The number of aryl methyl sites for hydroxylation is 2. The van der Waals surface area contributed by atoms with Crippen molar-refractivity contribution in [2.24, 2.45) is 5.84 Å². The SMILES string of the molecule is Cc1ccc(-c2ccc(C(=O)NN)cc2)cc1.Cc1ccc(-c2ccc(C(=O)O)cc2)cc1. The molecule has 0 saturated carbocycles. The molecule has 0 fully saturated rings. The van der Waals surface area contributed by atoms with Crippen LogP contribution in [-0.2, 0) is 0 Å². The van der Waals surface area contributed by atoms with Crippen molar-refractivity contribution in [3.63, 3.8) is 0 Å². The third-order valence-electron chi connectivity index (χ3n) is 5.18. The van der Waals surface area contributed by atoms with E-state index in [0.717, 1.165) is 22.3 Å². The second kappa shape index (κ2) is 10.9. The van der Waals surface area contributed by atoms with Crippen LogP contribution in [0.4, 0.5) is 0 Å². The maximum Gasteiger partial charge on any atom is 0.335 e. The minimum absolute atomic E-state index is 0.277. The van der Waals surface area contributed by atoms with E-state index in [0.29, 0.717) is 11.1 Å². The fourth-order valence-corrected chi connectivity index (χ4v) is 3.19. The van der Waals surface area contributed by atoms with Crippen LogP contribution >= 0.6 is 0 Å². The maximum absolute atomic E-state index is 11.3. The average Bonchev–Trinajstić information content (AvgIpc) is 2.85. The van der Waals surface area contributed by atoms with Gasteiger partial charge in [-0.1, -0.05) is 83.9 Å². The summed E-state index contributed by atoms with van der Waals surface area (Å²) in [5, 5.41) is 8.78. The minimum Gasteiger partial charge on any atom is -0.478 e. The van der Waals surface area contributed by atoms with Gasteiger partial charge in [-0.15, -0.1) is 0 Å². The highest BCUT2D eigenvalue weighted by Crippen LogP contribution is 2.21. The quantitative estimate of drug-likeness (QED) is 0.219. The Morgan fingerprint density at radius 1 is 0.576 bits per heavy atom. The third-order valence-corrected chi connectivity index (χ3v) is 5.18. The van der Waals surface area contributed by atoms with Crippen LogP contribution in [0.1, 0.15) is 31.8 Å². The summed E-state index contributed by atoms with van der Waals surface area (Å²) < 4.78 is 0. The van der Waals surface area contributed by atoms with Gasteiger partial charge in [0.1, 0.15) is 0 Å². The first-order valence-corrected chi connectivity index (χ1v) is 10.5. The number of nitrogens with one attached hydrogen (secondary N) is 1. The number of nitrogen functional groups attached to an aromatic ring is 1. The van der Waals surface area contributed by atoms with E-state index in [2.05, 4.69) is 36.6 Å². The van der Waals surface area contributed by atoms with Gasteiger partial charge in [0.2, 0.25) is 0 Å². The highest BCUT2D eigenvalue weighted by molar-refractivity contribution is 5.94. The first kappa shape index (κ1) is 23.4. The Labute approximate surface area is 193 Å². The smallest absolute Gasteiger partial charge is 0.335 e. The summed E-state index contributed by atoms with van der Waals surface area (Å²) in [7, 11) is 0. The monoisotopic (exact) mass is 438 g/mol. The summed E-state index contributed by atoms with van der Waals surface area (Å²) >= 11 is 0. The molecule has 5 nitrogen and oxygen atoms in total. The van der Waals surface area contributed by atoms with Crippen molar-refractivity contribution in [2.75, 3.05) is 0 Å². The van der Waals surface area contributed by atoms with E-state index >= 15 is 0 Å². The second-order valence-electron chi connectivity index (χ2n) is 7.67. The van der Waals surface area contributed by atoms with E-state index < -0.39 is 5.97 Å². The number of hydrazine groups is 1. The zero-order valence-electron chi connectivity index (χ0n) is 18.6. The maximum atomic E-state index is 11.3. The van der Waals surface area contributed by atoms with Crippen LogP contribution in [0.2, 0.25) is 0 Å². The summed E-state index contributed by atoms with van der Waals surface area (Å²) in [5.74, 6) is 3.90. The van der Waals surface area contributed by atoms with Gasteiger partial charge < -0.3 is 5.11 Å². The van der Waals surface area contributed by atoms with Gasteiger partial charge >= 0.3 is 5.97 Å². The molecule has 1 amide bonds. The number of nitrogens with two attached hydrogens (primary N) is 1. The number of carbonyl (C=O) groups is 2. The fraction of sp³-hybridized carbons (Fsp3) is 0.0714. The molecule has 0 heterocycles. The largest absolute Gasteiger partial charge is 0.478 e. The first-order valence-electron chi connectivity index (χ1n) is 10.5. The van der Waals surface area contributed by atoms with Gasteiger partial charge in [0, 0.05) is 5.56 Å². The van der Waals surface area contributed by atoms with Gasteiger partial charge in [-0.3, -0.25) is 10.2 Å². The highest BCUT2D eigenvalue weighted by Gasteiger charge is 2.04. The van der Waals surface area contributed by atoms with Gasteiger partial charge in [-0.2, -0.15) is 0 Å². The minimum atomic E-state index is -0.893. The molecule has 0 aromatic heterocycles. The predicted octanol–water partition coefficient (Wildman–Crippen LogP) is 5.63. The molecule has 0 bridgehead atoms. The Morgan fingerprint density at radius 3 is 1.18 bits per heavy atom. The van der Waals surface area contributed by atoms with Crippen molar-refractivity contribution < 1.29 is 14.7 Å². The van der Waals surface area contributed by atoms with Crippen LogP contribution in [0.15, 0.2) is 97.1 Å².